The van der Waals surface area contributed by atoms with E-state index in [0.29, 0.717) is 0 Å². The average Bonchev–Trinajstić information content (AvgIpc) is 1.63. The molecule has 0 aliphatic carbocycles. The molecule has 0 N–H and O–H groups in total. The first-order valence-corrected chi connectivity index (χ1v) is 37.0. The van der Waals surface area contributed by atoms with Gasteiger partial charge < -0.3 is 13.7 Å². The third kappa shape index (κ3) is 19.3. The van der Waals surface area contributed by atoms with Crippen molar-refractivity contribution in [3.8, 4) is 17.1 Å². The summed E-state index contributed by atoms with van der Waals surface area (Å²) in [5.74, 6) is 4.35. The summed E-state index contributed by atoms with van der Waals surface area (Å²) in [7, 11) is 2.08. The van der Waals surface area contributed by atoms with Gasteiger partial charge in [-0.25, -0.2) is 34.9 Å². The van der Waals surface area contributed by atoms with E-state index >= 15 is 0 Å². The van der Waals surface area contributed by atoms with Crippen LogP contribution in [0.25, 0.3) is 94.3 Å². The standard InChI is InChI=1S/2C17H18N2.2C12H16N2.3C11H13N3/c1-17(2,3)16-18-14-11-7-8-12-15(14)19(16)13-9-5-4-6-10-13;1-17(2,3)19-15-12-8-7-11-14(15)18-16(19)13-9-5-4-6-10-13;1-12(2,3)11-13-9-7-5-6-8-10(9)14(11)4;1-9-13-10-7-5-6-8-11(10)14(9)12(2,3)4;1-11(2,3)8-4-5-9-10(6-8)12-7-13-14-9;1-11(2,3)8-4-5-9-10(6-8)14-13-7-12-9;1-11(2,3)8-5-4-6-9-10(8)12-7-13-14-9/h2*4-12H,1-3H3;2*5-8H,1-4H3;3*4-7H,1-3H3. The molecule has 556 valence electrons. The number of hydrogen-bond donors (Lipinski definition) is 0. The maximum absolute atomic E-state index is 4.82. The largest absolute Gasteiger partial charge is 0.331 e. The molecule has 0 saturated carbocycles. The third-order valence-corrected chi connectivity index (χ3v) is 18.1. The van der Waals surface area contributed by atoms with Crippen LogP contribution >= 0.6 is 0 Å². The molecule has 0 saturated heterocycles. The number of aryl methyl sites for hydroxylation is 2. The summed E-state index contributed by atoms with van der Waals surface area (Å²) < 4.78 is 9.03. The quantitative estimate of drug-likeness (QED) is 0.159. The Hall–Kier alpha value is -11.3. The Bertz CT molecular complexity index is 5540. The number of hydrogen-bond acceptors (Lipinski definition) is 13. The van der Waals surface area contributed by atoms with Crippen LogP contribution < -0.4 is 0 Å². The van der Waals surface area contributed by atoms with Gasteiger partial charge in [-0.3, -0.25) is 4.57 Å². The van der Waals surface area contributed by atoms with Crippen LogP contribution in [0.3, 0.4) is 0 Å². The van der Waals surface area contributed by atoms with Crippen LogP contribution in [0.2, 0.25) is 0 Å². The van der Waals surface area contributed by atoms with E-state index in [1.807, 2.05) is 60.7 Å². The smallest absolute Gasteiger partial charge is 0.141 e. The zero-order valence-corrected chi connectivity index (χ0v) is 67.5. The minimum Gasteiger partial charge on any atom is -0.331 e. The van der Waals surface area contributed by atoms with Crippen molar-refractivity contribution in [2.24, 2.45) is 7.05 Å². The van der Waals surface area contributed by atoms with Crippen LogP contribution in [0, 0.1) is 6.92 Å². The lowest BCUT2D eigenvalue weighted by molar-refractivity contribution is 0.399. The van der Waals surface area contributed by atoms with Crippen molar-refractivity contribution in [2.75, 3.05) is 0 Å². The summed E-state index contributed by atoms with van der Waals surface area (Å²) in [4.78, 5) is 31.4. The van der Waals surface area contributed by atoms with E-state index < -0.39 is 0 Å². The highest BCUT2D eigenvalue weighted by Gasteiger charge is 2.26. The van der Waals surface area contributed by atoms with E-state index in [1.165, 1.54) is 63.4 Å². The van der Waals surface area contributed by atoms with Gasteiger partial charge in [0.2, 0.25) is 0 Å². The van der Waals surface area contributed by atoms with Gasteiger partial charge in [-0.05, 0) is 172 Å². The molecule has 0 amide bonds. The second-order valence-electron chi connectivity index (χ2n) is 34.2. The monoisotopic (exact) mass is 1440 g/mol. The van der Waals surface area contributed by atoms with Crippen LogP contribution in [0.1, 0.15) is 180 Å². The Morgan fingerprint density at radius 2 is 0.713 bits per heavy atom. The predicted molar refractivity (Wildman–Crippen MR) is 447 cm³/mol. The molecule has 0 bridgehead atoms. The van der Waals surface area contributed by atoms with Gasteiger partial charge in [0.15, 0.2) is 0 Å². The zero-order chi connectivity index (χ0) is 78.2. The van der Waals surface area contributed by atoms with E-state index in [4.69, 9.17) is 9.97 Å². The second kappa shape index (κ2) is 32.4. The zero-order valence-electron chi connectivity index (χ0n) is 67.5. The molecule has 0 fully saturated rings. The first-order valence-electron chi connectivity index (χ1n) is 37.0. The third-order valence-electron chi connectivity index (χ3n) is 18.1. The number of rotatable bonds is 2. The molecular formula is C91H107N17. The molecule has 16 aromatic rings. The second-order valence-corrected chi connectivity index (χ2v) is 34.2. The Morgan fingerprint density at radius 3 is 1.24 bits per heavy atom. The molecule has 0 radical (unpaired) electrons. The summed E-state index contributed by atoms with van der Waals surface area (Å²) in [6.07, 6.45) is 4.45. The topological polar surface area (TPSA) is 187 Å². The molecular weight excluding hydrogens is 1330 g/mol. The highest BCUT2D eigenvalue weighted by molar-refractivity contribution is 5.83. The number of nitrogens with zero attached hydrogens (tertiary/aromatic N) is 17. The summed E-state index contributed by atoms with van der Waals surface area (Å²) in [5, 5.41) is 23.4. The van der Waals surface area contributed by atoms with Crippen LogP contribution in [0.4, 0.5) is 0 Å². The summed E-state index contributed by atoms with van der Waals surface area (Å²) >= 11 is 0. The van der Waals surface area contributed by atoms with Gasteiger partial charge in [-0.15, -0.1) is 30.6 Å². The fourth-order valence-corrected chi connectivity index (χ4v) is 12.9. The molecule has 0 unspecified atom stereocenters. The van der Waals surface area contributed by atoms with Gasteiger partial charge in [-0.2, -0.15) is 0 Å². The predicted octanol–water partition coefficient (Wildman–Crippen LogP) is 21.7. The lowest BCUT2D eigenvalue weighted by atomic mass is 9.86. The molecule has 108 heavy (non-hydrogen) atoms. The highest BCUT2D eigenvalue weighted by atomic mass is 15.2. The van der Waals surface area contributed by atoms with Crippen LogP contribution in [-0.2, 0) is 45.2 Å². The Balaban J connectivity index is 0.000000135. The maximum Gasteiger partial charge on any atom is 0.141 e. The van der Waals surface area contributed by atoms with Gasteiger partial charge in [0.05, 0.1) is 60.7 Å². The molecule has 17 nitrogen and oxygen atoms in total. The summed E-state index contributed by atoms with van der Waals surface area (Å²) in [6, 6.07) is 72.3. The van der Waals surface area contributed by atoms with Gasteiger partial charge in [-0.1, -0.05) is 225 Å². The van der Waals surface area contributed by atoms with Crippen molar-refractivity contribution in [1.82, 2.24) is 83.7 Å². The minimum atomic E-state index is 0.00127. The normalized spacial score (nSPS) is 12.0. The first kappa shape index (κ1) is 79.2. The molecule has 9 aromatic carbocycles. The molecule has 0 atom stereocenters. The highest BCUT2D eigenvalue weighted by Crippen LogP contribution is 2.34. The molecule has 7 heterocycles. The SMILES string of the molecule is CC(C)(C)c1ccc2ncnnc2c1.CC(C)(C)c1ccc2nncnc2c1.CC(C)(C)c1cccc2nncnc12.CC(C)(C)c1nc2ccccc2n1-c1ccccc1.CC(C)(C)n1c(-c2ccccc2)nc2ccccc21.Cc1nc2ccccc2n1C(C)(C)C.Cn1c(C(C)(C)C)nc2ccccc21. The minimum absolute atomic E-state index is 0.00127. The van der Waals surface area contributed by atoms with Crippen LogP contribution in [0.5, 0.6) is 0 Å². The van der Waals surface area contributed by atoms with Crippen molar-refractivity contribution in [3.63, 3.8) is 0 Å². The molecule has 0 aliphatic heterocycles. The lowest BCUT2D eigenvalue weighted by Gasteiger charge is -2.24. The molecule has 17 heteroatoms. The Morgan fingerprint density at radius 1 is 0.296 bits per heavy atom. The van der Waals surface area contributed by atoms with E-state index in [9.17, 15) is 0 Å². The van der Waals surface area contributed by atoms with Crippen molar-refractivity contribution in [3.05, 3.63) is 265 Å². The fourth-order valence-electron chi connectivity index (χ4n) is 12.9. The van der Waals surface area contributed by atoms with Gasteiger partial charge in [0.25, 0.3) is 0 Å². The summed E-state index contributed by atoms with van der Waals surface area (Å²) in [6.45, 7) is 48.1. The fraction of sp³-hybridized carbons (Fsp3) is 0.330. The molecule has 16 rings (SSSR count). The maximum atomic E-state index is 4.82. The average molecular weight is 1440 g/mol. The van der Waals surface area contributed by atoms with Crippen molar-refractivity contribution < 1.29 is 0 Å². The number of aromatic nitrogens is 17. The van der Waals surface area contributed by atoms with Crippen LogP contribution in [-0.4, -0.2) is 83.7 Å². The Kier molecular flexibility index (Phi) is 23.8. The molecule has 0 spiro atoms. The van der Waals surface area contributed by atoms with Crippen LogP contribution in [0.15, 0.2) is 231 Å². The first-order chi connectivity index (χ1) is 50.9. The number of imidazole rings is 4. The number of fused-ring (bicyclic) bond motifs is 7. The number of benzene rings is 9. The Labute approximate surface area is 637 Å². The van der Waals surface area contributed by atoms with Crippen molar-refractivity contribution in [1.29, 1.82) is 0 Å². The van der Waals surface area contributed by atoms with E-state index in [-0.39, 0.29) is 38.2 Å². The van der Waals surface area contributed by atoms with Gasteiger partial charge >= 0.3 is 0 Å². The van der Waals surface area contributed by atoms with E-state index in [0.717, 1.165) is 84.0 Å². The van der Waals surface area contributed by atoms with Crippen molar-refractivity contribution in [2.45, 2.75) is 190 Å². The lowest BCUT2D eigenvalue weighted by Crippen LogP contribution is -2.22. The van der Waals surface area contributed by atoms with Crippen molar-refractivity contribution >= 4 is 77.2 Å². The van der Waals surface area contributed by atoms with Gasteiger partial charge in [0.1, 0.15) is 58.8 Å². The van der Waals surface area contributed by atoms with Gasteiger partial charge in [0, 0.05) is 40.2 Å². The molecule has 0 aliphatic rings. The molecule has 7 aromatic heterocycles. The number of para-hydroxylation sites is 10. The van der Waals surface area contributed by atoms with E-state index in [1.54, 1.807) is 0 Å². The summed E-state index contributed by atoms with van der Waals surface area (Å²) in [5.41, 5.74) is 21.0. The van der Waals surface area contributed by atoms with E-state index in [2.05, 4.69) is 385 Å².